The van der Waals surface area contributed by atoms with Crippen molar-refractivity contribution >= 4 is 11.7 Å². The van der Waals surface area contributed by atoms with Gasteiger partial charge < -0.3 is 15.6 Å². The van der Waals surface area contributed by atoms with Crippen LogP contribution in [0.25, 0.3) is 0 Å². The molecule has 0 heterocycles. The van der Waals surface area contributed by atoms with Gasteiger partial charge in [0, 0.05) is 5.69 Å². The van der Waals surface area contributed by atoms with Crippen LogP contribution in [0, 0.1) is 0 Å². The van der Waals surface area contributed by atoms with Crippen molar-refractivity contribution in [1.82, 2.24) is 0 Å². The van der Waals surface area contributed by atoms with Crippen molar-refractivity contribution in [2.24, 2.45) is 0 Å². The standard InChI is InChI=1S/C10H13NO3/c1-2-14-10(13)9(12)7-3-5-8(11)6-4-7/h3-6,9,12H,2,11H2,1H3/t9-/m1/s1. The van der Waals surface area contributed by atoms with Crippen LogP contribution in [-0.2, 0) is 9.53 Å². The number of aliphatic hydroxyl groups excluding tert-OH is 1. The summed E-state index contributed by atoms with van der Waals surface area (Å²) in [7, 11) is 0. The number of esters is 1. The van der Waals surface area contributed by atoms with E-state index < -0.39 is 12.1 Å². The summed E-state index contributed by atoms with van der Waals surface area (Å²) >= 11 is 0. The number of aliphatic hydroxyl groups is 1. The van der Waals surface area contributed by atoms with E-state index in [0.29, 0.717) is 11.3 Å². The molecule has 0 unspecified atom stereocenters. The third-order valence-electron chi connectivity index (χ3n) is 1.76. The highest BCUT2D eigenvalue weighted by molar-refractivity contribution is 5.76. The van der Waals surface area contributed by atoms with Crippen LogP contribution < -0.4 is 5.73 Å². The van der Waals surface area contributed by atoms with Crippen molar-refractivity contribution in [2.45, 2.75) is 13.0 Å². The third kappa shape index (κ3) is 2.47. The Morgan fingerprint density at radius 2 is 2.07 bits per heavy atom. The number of nitrogens with two attached hydrogens (primary N) is 1. The molecule has 0 aromatic heterocycles. The van der Waals surface area contributed by atoms with Crippen molar-refractivity contribution in [1.29, 1.82) is 0 Å². The molecule has 1 atom stereocenters. The number of benzene rings is 1. The minimum Gasteiger partial charge on any atom is -0.464 e. The second-order valence-corrected chi connectivity index (χ2v) is 2.82. The normalized spacial score (nSPS) is 12.1. The Balaban J connectivity index is 2.73. The van der Waals surface area contributed by atoms with Crippen LogP contribution in [-0.4, -0.2) is 17.7 Å². The smallest absolute Gasteiger partial charge is 0.339 e. The molecule has 1 rings (SSSR count). The maximum absolute atomic E-state index is 11.1. The molecule has 4 nitrogen and oxygen atoms in total. The first-order valence-corrected chi connectivity index (χ1v) is 4.35. The second kappa shape index (κ2) is 4.62. The highest BCUT2D eigenvalue weighted by Gasteiger charge is 2.17. The zero-order chi connectivity index (χ0) is 10.6. The first-order valence-electron chi connectivity index (χ1n) is 4.35. The Morgan fingerprint density at radius 3 is 2.57 bits per heavy atom. The van der Waals surface area contributed by atoms with E-state index in [1.165, 1.54) is 0 Å². The quantitative estimate of drug-likeness (QED) is 0.554. The molecule has 76 valence electrons. The molecule has 0 bridgehead atoms. The van der Waals surface area contributed by atoms with Gasteiger partial charge in [0.15, 0.2) is 6.10 Å². The van der Waals surface area contributed by atoms with Crippen LogP contribution in [0.15, 0.2) is 24.3 Å². The van der Waals surface area contributed by atoms with Crippen LogP contribution in [0.3, 0.4) is 0 Å². The van der Waals surface area contributed by atoms with Crippen molar-refractivity contribution in [3.8, 4) is 0 Å². The van der Waals surface area contributed by atoms with Gasteiger partial charge in [-0.15, -0.1) is 0 Å². The number of hydrogen-bond donors (Lipinski definition) is 2. The summed E-state index contributed by atoms with van der Waals surface area (Å²) in [6, 6.07) is 6.43. The summed E-state index contributed by atoms with van der Waals surface area (Å²) in [6.07, 6.45) is -1.23. The third-order valence-corrected chi connectivity index (χ3v) is 1.76. The highest BCUT2D eigenvalue weighted by atomic mass is 16.5. The maximum atomic E-state index is 11.1. The van der Waals surface area contributed by atoms with Gasteiger partial charge in [0.05, 0.1) is 6.61 Å². The number of nitrogen functional groups attached to an aromatic ring is 1. The minimum absolute atomic E-state index is 0.255. The summed E-state index contributed by atoms with van der Waals surface area (Å²) in [5.41, 5.74) is 6.54. The Morgan fingerprint density at radius 1 is 1.50 bits per heavy atom. The lowest BCUT2D eigenvalue weighted by atomic mass is 10.1. The molecule has 3 N–H and O–H groups in total. The van der Waals surface area contributed by atoms with E-state index in [2.05, 4.69) is 4.74 Å². The van der Waals surface area contributed by atoms with Gasteiger partial charge in [-0.05, 0) is 24.6 Å². The molecule has 0 aliphatic rings. The molecular formula is C10H13NO3. The minimum atomic E-state index is -1.23. The van der Waals surface area contributed by atoms with Gasteiger partial charge in [-0.3, -0.25) is 0 Å². The van der Waals surface area contributed by atoms with Crippen LogP contribution in [0.1, 0.15) is 18.6 Å². The first kappa shape index (κ1) is 10.5. The number of rotatable bonds is 3. The van der Waals surface area contributed by atoms with Crippen LogP contribution >= 0.6 is 0 Å². The predicted octanol–water partition coefficient (Wildman–Crippen LogP) is 0.865. The molecule has 0 aliphatic carbocycles. The van der Waals surface area contributed by atoms with Gasteiger partial charge in [-0.25, -0.2) is 4.79 Å². The van der Waals surface area contributed by atoms with Gasteiger partial charge in [0.25, 0.3) is 0 Å². The lowest BCUT2D eigenvalue weighted by Gasteiger charge is -2.09. The molecule has 14 heavy (non-hydrogen) atoms. The molecule has 0 saturated heterocycles. The number of ether oxygens (including phenoxy) is 1. The van der Waals surface area contributed by atoms with E-state index in [-0.39, 0.29) is 6.61 Å². The molecule has 4 heteroatoms. The fraction of sp³-hybridized carbons (Fsp3) is 0.300. The number of anilines is 1. The van der Waals surface area contributed by atoms with E-state index in [9.17, 15) is 9.90 Å². The molecule has 0 spiro atoms. The van der Waals surface area contributed by atoms with Crippen LogP contribution in [0.4, 0.5) is 5.69 Å². The van der Waals surface area contributed by atoms with Gasteiger partial charge in [-0.1, -0.05) is 12.1 Å². The molecule has 0 radical (unpaired) electrons. The zero-order valence-electron chi connectivity index (χ0n) is 7.93. The number of hydrogen-bond acceptors (Lipinski definition) is 4. The van der Waals surface area contributed by atoms with Crippen LogP contribution in [0.2, 0.25) is 0 Å². The summed E-state index contributed by atoms with van der Waals surface area (Å²) in [5.74, 6) is -0.641. The fourth-order valence-electron chi connectivity index (χ4n) is 1.04. The van der Waals surface area contributed by atoms with E-state index in [1.54, 1.807) is 31.2 Å². The second-order valence-electron chi connectivity index (χ2n) is 2.82. The largest absolute Gasteiger partial charge is 0.464 e. The Bertz CT molecular complexity index is 308. The lowest BCUT2D eigenvalue weighted by molar-refractivity contribution is -0.153. The summed E-state index contributed by atoms with van der Waals surface area (Å²) in [5, 5.41) is 9.50. The molecule has 1 aromatic carbocycles. The summed E-state index contributed by atoms with van der Waals surface area (Å²) < 4.78 is 4.67. The van der Waals surface area contributed by atoms with Crippen molar-refractivity contribution in [3.05, 3.63) is 29.8 Å². The van der Waals surface area contributed by atoms with Gasteiger partial charge in [0.1, 0.15) is 0 Å². The average Bonchev–Trinajstić information content (AvgIpc) is 2.18. The average molecular weight is 195 g/mol. The summed E-state index contributed by atoms with van der Waals surface area (Å²) in [6.45, 7) is 1.94. The molecular weight excluding hydrogens is 182 g/mol. The Kier molecular flexibility index (Phi) is 3.48. The zero-order valence-corrected chi connectivity index (χ0v) is 7.93. The molecule has 0 saturated carbocycles. The number of carbonyl (C=O) groups is 1. The van der Waals surface area contributed by atoms with Gasteiger partial charge >= 0.3 is 5.97 Å². The number of carbonyl (C=O) groups excluding carboxylic acids is 1. The van der Waals surface area contributed by atoms with Gasteiger partial charge in [0.2, 0.25) is 0 Å². The monoisotopic (exact) mass is 195 g/mol. The molecule has 1 aromatic rings. The van der Waals surface area contributed by atoms with E-state index in [4.69, 9.17) is 5.73 Å². The van der Waals surface area contributed by atoms with Gasteiger partial charge in [-0.2, -0.15) is 0 Å². The predicted molar refractivity (Wildman–Crippen MR) is 52.4 cm³/mol. The fourth-order valence-corrected chi connectivity index (χ4v) is 1.04. The SMILES string of the molecule is CCOC(=O)[C@H](O)c1ccc(N)cc1. The van der Waals surface area contributed by atoms with Crippen LogP contribution in [0.5, 0.6) is 0 Å². The molecule has 0 aliphatic heterocycles. The lowest BCUT2D eigenvalue weighted by Crippen LogP contribution is -2.15. The van der Waals surface area contributed by atoms with E-state index in [0.717, 1.165) is 0 Å². The van der Waals surface area contributed by atoms with E-state index >= 15 is 0 Å². The van der Waals surface area contributed by atoms with Crippen molar-refractivity contribution in [3.63, 3.8) is 0 Å². The molecule has 0 amide bonds. The Hall–Kier alpha value is -1.55. The highest BCUT2D eigenvalue weighted by Crippen LogP contribution is 2.15. The van der Waals surface area contributed by atoms with Crippen molar-refractivity contribution < 1.29 is 14.6 Å². The van der Waals surface area contributed by atoms with Crippen molar-refractivity contribution in [2.75, 3.05) is 12.3 Å². The molecule has 0 fully saturated rings. The first-order chi connectivity index (χ1) is 6.65. The topological polar surface area (TPSA) is 72.5 Å². The Labute approximate surface area is 82.3 Å². The maximum Gasteiger partial charge on any atom is 0.339 e. The summed E-state index contributed by atoms with van der Waals surface area (Å²) in [4.78, 5) is 11.1. The van der Waals surface area contributed by atoms with E-state index in [1.807, 2.05) is 0 Å².